The molecule has 1 saturated heterocycles. The van der Waals surface area contributed by atoms with E-state index < -0.39 is 0 Å². The monoisotopic (exact) mass is 317 g/mol. The van der Waals surface area contributed by atoms with Gasteiger partial charge in [0.1, 0.15) is 11.0 Å². The van der Waals surface area contributed by atoms with Crippen LogP contribution in [0.2, 0.25) is 5.15 Å². The first-order valence-corrected chi connectivity index (χ1v) is 7.84. The van der Waals surface area contributed by atoms with Crippen molar-refractivity contribution in [3.63, 3.8) is 0 Å². The predicted octanol–water partition coefficient (Wildman–Crippen LogP) is 3.59. The molecule has 0 radical (unpaired) electrons. The Balaban J connectivity index is 2.02. The van der Waals surface area contributed by atoms with E-state index in [1.807, 2.05) is 13.1 Å². The van der Waals surface area contributed by atoms with Crippen LogP contribution in [0, 0.1) is 6.92 Å². The molecule has 2 aromatic rings. The zero-order valence-electron chi connectivity index (χ0n) is 12.9. The third kappa shape index (κ3) is 3.18. The lowest BCUT2D eigenvalue weighted by Gasteiger charge is -2.28. The quantitative estimate of drug-likeness (QED) is 0.878. The number of aryl methyl sites for hydroxylation is 1. The number of aromatic nitrogens is 1. The second-order valence-electron chi connectivity index (χ2n) is 5.42. The molecular weight excluding hydrogens is 298 g/mol. The predicted molar refractivity (Wildman–Crippen MR) is 92.0 cm³/mol. The zero-order chi connectivity index (χ0) is 15.5. The summed E-state index contributed by atoms with van der Waals surface area (Å²) in [5, 5.41) is 3.70. The normalized spacial score (nSPS) is 15.0. The lowest BCUT2D eigenvalue weighted by atomic mass is 10.0. The third-order valence-corrected chi connectivity index (χ3v) is 4.15. The molecule has 3 rings (SSSR count). The van der Waals surface area contributed by atoms with Crippen molar-refractivity contribution in [3.05, 3.63) is 41.0 Å². The maximum Gasteiger partial charge on any atom is 0.132 e. The van der Waals surface area contributed by atoms with Gasteiger partial charge in [0.05, 0.1) is 13.2 Å². The molecule has 1 aliphatic rings. The van der Waals surface area contributed by atoms with Crippen LogP contribution in [0.25, 0.3) is 11.1 Å². The highest BCUT2D eigenvalue weighted by molar-refractivity contribution is 6.29. The fraction of sp³-hybridized carbons (Fsp3) is 0.353. The summed E-state index contributed by atoms with van der Waals surface area (Å²) in [6.45, 7) is 5.28. The van der Waals surface area contributed by atoms with Crippen LogP contribution in [-0.4, -0.2) is 38.3 Å². The van der Waals surface area contributed by atoms with E-state index in [0.29, 0.717) is 5.15 Å². The molecule has 4 nitrogen and oxygen atoms in total. The van der Waals surface area contributed by atoms with Crippen LogP contribution in [0.15, 0.2) is 30.3 Å². The van der Waals surface area contributed by atoms with Gasteiger partial charge >= 0.3 is 0 Å². The minimum atomic E-state index is 0.522. The first-order valence-electron chi connectivity index (χ1n) is 7.46. The lowest BCUT2D eigenvalue weighted by molar-refractivity contribution is 0.122. The highest BCUT2D eigenvalue weighted by Crippen LogP contribution is 2.31. The molecular formula is C17H20ClN3O. The highest BCUT2D eigenvalue weighted by atomic mass is 35.5. The van der Waals surface area contributed by atoms with Crippen molar-refractivity contribution in [1.82, 2.24) is 4.98 Å². The van der Waals surface area contributed by atoms with E-state index in [2.05, 4.69) is 46.4 Å². The molecule has 0 amide bonds. The number of ether oxygens (including phenoxy) is 1. The van der Waals surface area contributed by atoms with Crippen LogP contribution < -0.4 is 10.2 Å². The molecule has 1 aromatic carbocycles. The van der Waals surface area contributed by atoms with Gasteiger partial charge in [0, 0.05) is 25.8 Å². The minimum Gasteiger partial charge on any atom is -0.388 e. The Labute approximate surface area is 136 Å². The lowest BCUT2D eigenvalue weighted by Crippen LogP contribution is -2.36. The van der Waals surface area contributed by atoms with Crippen LogP contribution >= 0.6 is 11.6 Å². The van der Waals surface area contributed by atoms with E-state index in [4.69, 9.17) is 16.3 Å². The number of hydrogen-bond acceptors (Lipinski definition) is 4. The number of hydrogen-bond donors (Lipinski definition) is 1. The Morgan fingerprint density at radius 1 is 1.18 bits per heavy atom. The zero-order valence-corrected chi connectivity index (χ0v) is 13.7. The molecule has 0 unspecified atom stereocenters. The van der Waals surface area contributed by atoms with Gasteiger partial charge in [-0.2, -0.15) is 0 Å². The molecule has 0 saturated carbocycles. The topological polar surface area (TPSA) is 37.4 Å². The number of nitrogens with zero attached hydrogens (tertiary/aromatic N) is 2. The third-order valence-electron chi connectivity index (χ3n) is 3.95. The van der Waals surface area contributed by atoms with Crippen molar-refractivity contribution in [1.29, 1.82) is 0 Å². The van der Waals surface area contributed by atoms with Gasteiger partial charge in [-0.15, -0.1) is 0 Å². The first-order chi connectivity index (χ1) is 10.7. The summed E-state index contributed by atoms with van der Waals surface area (Å²) in [4.78, 5) is 6.69. The minimum absolute atomic E-state index is 0.522. The smallest absolute Gasteiger partial charge is 0.132 e. The summed E-state index contributed by atoms with van der Waals surface area (Å²) in [6.07, 6.45) is 0. The Hall–Kier alpha value is -1.78. The van der Waals surface area contributed by atoms with Gasteiger partial charge in [-0.25, -0.2) is 4.98 Å². The van der Waals surface area contributed by atoms with Crippen LogP contribution in [0.1, 0.15) is 5.56 Å². The molecule has 0 bridgehead atoms. The second kappa shape index (κ2) is 6.55. The fourth-order valence-electron chi connectivity index (χ4n) is 2.68. The largest absolute Gasteiger partial charge is 0.388 e. The van der Waals surface area contributed by atoms with E-state index in [1.165, 1.54) is 11.1 Å². The van der Waals surface area contributed by atoms with E-state index in [0.717, 1.165) is 43.4 Å². The SMILES string of the molecule is CNc1ccc(C)c(-c2cc(Cl)nc(N3CCOCC3)c2)c1. The summed E-state index contributed by atoms with van der Waals surface area (Å²) in [5.41, 5.74) is 4.57. The summed E-state index contributed by atoms with van der Waals surface area (Å²) < 4.78 is 5.41. The van der Waals surface area contributed by atoms with Crippen molar-refractivity contribution >= 4 is 23.1 Å². The molecule has 0 atom stereocenters. The Kier molecular flexibility index (Phi) is 4.50. The van der Waals surface area contributed by atoms with E-state index in [-0.39, 0.29) is 0 Å². The van der Waals surface area contributed by atoms with Crippen LogP contribution in [0.3, 0.4) is 0 Å². The maximum atomic E-state index is 6.26. The number of pyridine rings is 1. The van der Waals surface area contributed by atoms with Crippen molar-refractivity contribution in [2.75, 3.05) is 43.6 Å². The molecule has 2 heterocycles. The average Bonchev–Trinajstić information content (AvgIpc) is 2.55. The van der Waals surface area contributed by atoms with E-state index in [9.17, 15) is 0 Å². The first kappa shape index (κ1) is 15.1. The van der Waals surface area contributed by atoms with E-state index in [1.54, 1.807) is 0 Å². The molecule has 5 heteroatoms. The van der Waals surface area contributed by atoms with Gasteiger partial charge in [0.15, 0.2) is 0 Å². The number of benzene rings is 1. The summed E-state index contributed by atoms with van der Waals surface area (Å²) >= 11 is 6.26. The highest BCUT2D eigenvalue weighted by Gasteiger charge is 2.15. The van der Waals surface area contributed by atoms with Crippen molar-refractivity contribution in [2.24, 2.45) is 0 Å². The van der Waals surface area contributed by atoms with Gasteiger partial charge in [-0.05, 0) is 47.9 Å². The number of halogens is 1. The van der Waals surface area contributed by atoms with Crippen molar-refractivity contribution in [2.45, 2.75) is 6.92 Å². The van der Waals surface area contributed by atoms with Crippen LogP contribution in [0.4, 0.5) is 11.5 Å². The summed E-state index contributed by atoms with van der Waals surface area (Å²) in [6, 6.07) is 10.4. The summed E-state index contributed by atoms with van der Waals surface area (Å²) in [7, 11) is 1.92. The fourth-order valence-corrected chi connectivity index (χ4v) is 2.89. The second-order valence-corrected chi connectivity index (χ2v) is 5.80. The molecule has 1 aromatic heterocycles. The van der Waals surface area contributed by atoms with Gasteiger partial charge in [-0.3, -0.25) is 0 Å². The summed E-state index contributed by atoms with van der Waals surface area (Å²) in [5.74, 6) is 0.917. The van der Waals surface area contributed by atoms with E-state index >= 15 is 0 Å². The standard InChI is InChI=1S/C17H20ClN3O/c1-12-3-4-14(19-2)11-15(12)13-9-16(18)20-17(10-13)21-5-7-22-8-6-21/h3-4,9-11,19H,5-8H2,1-2H3. The Bertz CT molecular complexity index is 669. The number of morpholine rings is 1. The Morgan fingerprint density at radius 3 is 2.68 bits per heavy atom. The number of nitrogens with one attached hydrogen (secondary N) is 1. The van der Waals surface area contributed by atoms with Crippen LogP contribution in [-0.2, 0) is 4.74 Å². The molecule has 0 aliphatic carbocycles. The molecule has 1 aliphatic heterocycles. The molecule has 1 N–H and O–H groups in total. The molecule has 22 heavy (non-hydrogen) atoms. The van der Waals surface area contributed by atoms with Crippen molar-refractivity contribution in [3.8, 4) is 11.1 Å². The van der Waals surface area contributed by atoms with Gasteiger partial charge < -0.3 is 15.0 Å². The molecule has 116 valence electrons. The van der Waals surface area contributed by atoms with Gasteiger partial charge in [0.25, 0.3) is 0 Å². The van der Waals surface area contributed by atoms with Crippen molar-refractivity contribution < 1.29 is 4.74 Å². The molecule has 1 fully saturated rings. The maximum absolute atomic E-state index is 6.26. The van der Waals surface area contributed by atoms with Gasteiger partial charge in [0.2, 0.25) is 0 Å². The van der Waals surface area contributed by atoms with Crippen LogP contribution in [0.5, 0.6) is 0 Å². The number of rotatable bonds is 3. The van der Waals surface area contributed by atoms with Gasteiger partial charge in [-0.1, -0.05) is 17.7 Å². The molecule has 0 spiro atoms. The average molecular weight is 318 g/mol. The Morgan fingerprint density at radius 2 is 1.95 bits per heavy atom. The number of anilines is 2.